The summed E-state index contributed by atoms with van der Waals surface area (Å²) in [5.41, 5.74) is 10.8. The summed E-state index contributed by atoms with van der Waals surface area (Å²) < 4.78 is 0. The van der Waals surface area contributed by atoms with E-state index in [0.717, 1.165) is 19.4 Å². The molecule has 3 nitrogen and oxygen atoms in total. The number of hydrogen-bond acceptors (Lipinski definition) is 2. The fourth-order valence-electron chi connectivity index (χ4n) is 2.18. The summed E-state index contributed by atoms with van der Waals surface area (Å²) in [7, 11) is 0. The zero-order valence-electron chi connectivity index (χ0n) is 12.5. The van der Waals surface area contributed by atoms with Crippen LogP contribution in [-0.2, 0) is 11.2 Å². The van der Waals surface area contributed by atoms with Gasteiger partial charge in [0.1, 0.15) is 0 Å². The van der Waals surface area contributed by atoms with Crippen molar-refractivity contribution in [2.24, 2.45) is 11.7 Å². The maximum absolute atomic E-state index is 12.0. The largest absolute Gasteiger partial charge is 0.356 e. The van der Waals surface area contributed by atoms with Crippen LogP contribution < -0.4 is 11.1 Å². The molecule has 0 bridgehead atoms. The molecule has 0 aliphatic carbocycles. The Hall–Kier alpha value is -1.35. The van der Waals surface area contributed by atoms with Crippen molar-refractivity contribution in [2.75, 3.05) is 13.1 Å². The molecule has 3 N–H and O–H groups in total. The van der Waals surface area contributed by atoms with Gasteiger partial charge in [-0.25, -0.2) is 0 Å². The van der Waals surface area contributed by atoms with Gasteiger partial charge in [-0.15, -0.1) is 0 Å². The van der Waals surface area contributed by atoms with Gasteiger partial charge in [0, 0.05) is 13.1 Å². The number of hydrogen-bond donors (Lipinski definition) is 2. The molecule has 0 saturated carbocycles. The van der Waals surface area contributed by atoms with Crippen LogP contribution in [0.1, 0.15) is 35.6 Å². The molecule has 1 amide bonds. The Balaban J connectivity index is 2.81. The van der Waals surface area contributed by atoms with Gasteiger partial charge in [0.25, 0.3) is 0 Å². The van der Waals surface area contributed by atoms with Crippen LogP contribution in [0.5, 0.6) is 0 Å². The second kappa shape index (κ2) is 7.29. The highest BCUT2D eigenvalue weighted by molar-refractivity contribution is 5.79. The lowest BCUT2D eigenvalue weighted by Crippen LogP contribution is -2.36. The molecule has 0 spiro atoms. The lowest BCUT2D eigenvalue weighted by Gasteiger charge is -2.17. The van der Waals surface area contributed by atoms with Gasteiger partial charge in [0.15, 0.2) is 0 Å². The molecule has 0 aliphatic rings. The number of nitrogens with two attached hydrogens (primary N) is 1. The summed E-state index contributed by atoms with van der Waals surface area (Å²) in [6.45, 7) is 9.47. The van der Waals surface area contributed by atoms with Crippen molar-refractivity contribution in [3.8, 4) is 0 Å². The second-order valence-electron chi connectivity index (χ2n) is 5.29. The van der Waals surface area contributed by atoms with E-state index in [-0.39, 0.29) is 11.8 Å². The lowest BCUT2D eigenvalue weighted by atomic mass is 9.92. The Morgan fingerprint density at radius 2 is 1.84 bits per heavy atom. The number of amides is 1. The van der Waals surface area contributed by atoms with Crippen LogP contribution in [0.15, 0.2) is 12.1 Å². The first-order valence-electron chi connectivity index (χ1n) is 7.04. The molecular weight excluding hydrogens is 236 g/mol. The van der Waals surface area contributed by atoms with Gasteiger partial charge in [-0.2, -0.15) is 0 Å². The quantitative estimate of drug-likeness (QED) is 0.826. The van der Waals surface area contributed by atoms with E-state index in [1.165, 1.54) is 22.3 Å². The van der Waals surface area contributed by atoms with Crippen molar-refractivity contribution in [1.82, 2.24) is 5.32 Å². The zero-order chi connectivity index (χ0) is 14.4. The lowest BCUT2D eigenvalue weighted by molar-refractivity contribution is -0.124. The summed E-state index contributed by atoms with van der Waals surface area (Å²) in [5.74, 6) is -0.0608. The van der Waals surface area contributed by atoms with E-state index in [4.69, 9.17) is 5.73 Å². The highest BCUT2D eigenvalue weighted by atomic mass is 16.1. The van der Waals surface area contributed by atoms with Crippen LogP contribution in [-0.4, -0.2) is 19.0 Å². The van der Waals surface area contributed by atoms with Gasteiger partial charge in [-0.1, -0.05) is 19.1 Å². The van der Waals surface area contributed by atoms with Gasteiger partial charge >= 0.3 is 0 Å². The molecule has 0 radical (unpaired) electrons. The first-order valence-corrected chi connectivity index (χ1v) is 7.04. The van der Waals surface area contributed by atoms with Crippen molar-refractivity contribution in [1.29, 1.82) is 0 Å². The third kappa shape index (κ3) is 4.35. The summed E-state index contributed by atoms with van der Waals surface area (Å²) in [6, 6.07) is 4.36. The third-order valence-corrected chi connectivity index (χ3v) is 3.62. The number of aryl methyl sites for hydroxylation is 3. The number of carbonyl (C=O) groups excluding carboxylic acids is 1. The van der Waals surface area contributed by atoms with Gasteiger partial charge < -0.3 is 11.1 Å². The van der Waals surface area contributed by atoms with E-state index in [1.54, 1.807) is 0 Å². The Kier molecular flexibility index (Phi) is 6.03. The number of carbonyl (C=O) groups is 1. The molecule has 0 aromatic heterocycles. The minimum absolute atomic E-state index is 0.0713. The van der Waals surface area contributed by atoms with Crippen molar-refractivity contribution >= 4 is 5.91 Å². The molecule has 1 rings (SSSR count). The summed E-state index contributed by atoms with van der Waals surface area (Å²) in [4.78, 5) is 12.0. The van der Waals surface area contributed by atoms with Crippen LogP contribution in [0.4, 0.5) is 0 Å². The highest BCUT2D eigenvalue weighted by Gasteiger charge is 2.18. The predicted molar refractivity (Wildman–Crippen MR) is 80.2 cm³/mol. The molecule has 1 aromatic carbocycles. The second-order valence-corrected chi connectivity index (χ2v) is 5.29. The smallest absolute Gasteiger partial charge is 0.224 e. The van der Waals surface area contributed by atoms with Crippen LogP contribution in [0.2, 0.25) is 0 Å². The average Bonchev–Trinajstić information content (AvgIpc) is 2.38. The highest BCUT2D eigenvalue weighted by Crippen LogP contribution is 2.18. The summed E-state index contributed by atoms with van der Waals surface area (Å²) in [5, 5.41) is 2.93. The fraction of sp³-hybridized carbons (Fsp3) is 0.562. The monoisotopic (exact) mass is 262 g/mol. The average molecular weight is 262 g/mol. The van der Waals surface area contributed by atoms with E-state index in [9.17, 15) is 4.79 Å². The molecular formula is C16H26N2O. The Morgan fingerprint density at radius 3 is 2.42 bits per heavy atom. The van der Waals surface area contributed by atoms with Crippen molar-refractivity contribution in [3.63, 3.8) is 0 Å². The summed E-state index contributed by atoms with van der Waals surface area (Å²) >= 11 is 0. The normalized spacial score (nSPS) is 12.3. The maximum atomic E-state index is 12.0. The van der Waals surface area contributed by atoms with Crippen molar-refractivity contribution in [3.05, 3.63) is 34.4 Å². The molecule has 19 heavy (non-hydrogen) atoms. The van der Waals surface area contributed by atoms with Crippen LogP contribution >= 0.6 is 0 Å². The molecule has 1 atom stereocenters. The zero-order valence-corrected chi connectivity index (χ0v) is 12.5. The Morgan fingerprint density at radius 1 is 1.21 bits per heavy atom. The minimum atomic E-state index is -0.132. The van der Waals surface area contributed by atoms with Gasteiger partial charge in [0.05, 0.1) is 5.92 Å². The number of benzene rings is 1. The molecule has 106 valence electrons. The SMILES string of the molecule is CCCNC(=O)C(CN)Cc1cc(C)c(C)cc1C. The molecule has 0 heterocycles. The molecule has 1 aromatic rings. The van der Waals surface area contributed by atoms with Gasteiger partial charge in [-0.05, 0) is 55.9 Å². The maximum Gasteiger partial charge on any atom is 0.224 e. The molecule has 0 fully saturated rings. The molecule has 3 heteroatoms. The van der Waals surface area contributed by atoms with E-state index < -0.39 is 0 Å². The fourth-order valence-corrected chi connectivity index (χ4v) is 2.18. The van der Waals surface area contributed by atoms with Crippen LogP contribution in [0.25, 0.3) is 0 Å². The molecule has 0 saturated heterocycles. The predicted octanol–water partition coefficient (Wildman–Crippen LogP) is 2.26. The van der Waals surface area contributed by atoms with Gasteiger partial charge in [-0.3, -0.25) is 4.79 Å². The van der Waals surface area contributed by atoms with E-state index in [2.05, 4.69) is 38.2 Å². The van der Waals surface area contributed by atoms with Crippen molar-refractivity contribution < 1.29 is 4.79 Å². The molecule has 0 aliphatic heterocycles. The van der Waals surface area contributed by atoms with E-state index in [0.29, 0.717) is 6.54 Å². The third-order valence-electron chi connectivity index (χ3n) is 3.62. The minimum Gasteiger partial charge on any atom is -0.356 e. The first kappa shape index (κ1) is 15.7. The summed E-state index contributed by atoms with van der Waals surface area (Å²) in [6.07, 6.45) is 1.67. The Bertz CT molecular complexity index is 441. The first-order chi connectivity index (χ1) is 8.99. The topological polar surface area (TPSA) is 55.1 Å². The van der Waals surface area contributed by atoms with Gasteiger partial charge in [0.2, 0.25) is 5.91 Å². The van der Waals surface area contributed by atoms with E-state index >= 15 is 0 Å². The molecule has 1 unspecified atom stereocenters. The number of rotatable bonds is 6. The van der Waals surface area contributed by atoms with Crippen molar-refractivity contribution in [2.45, 2.75) is 40.5 Å². The Labute approximate surface area is 116 Å². The standard InChI is InChI=1S/C16H26N2O/c1-5-6-18-16(19)15(10-17)9-14-8-12(3)11(2)7-13(14)4/h7-8,15H,5-6,9-10,17H2,1-4H3,(H,18,19). The number of nitrogens with one attached hydrogen (secondary N) is 1. The van der Waals surface area contributed by atoms with E-state index in [1.807, 2.05) is 6.92 Å². The van der Waals surface area contributed by atoms with Crippen LogP contribution in [0.3, 0.4) is 0 Å². The van der Waals surface area contributed by atoms with Crippen LogP contribution in [0, 0.1) is 26.7 Å².